The van der Waals surface area contributed by atoms with E-state index in [9.17, 15) is 9.90 Å². The highest BCUT2D eigenvalue weighted by Gasteiger charge is 2.36. The number of aromatic nitrogens is 4. The van der Waals surface area contributed by atoms with Crippen LogP contribution in [0.5, 0.6) is 0 Å². The van der Waals surface area contributed by atoms with Gasteiger partial charge in [0.05, 0.1) is 16.8 Å². The molecule has 0 unspecified atom stereocenters. The molecule has 1 fully saturated rings. The Morgan fingerprint density at radius 1 is 1.02 bits per heavy atom. The molecule has 1 aromatic carbocycles. The van der Waals surface area contributed by atoms with Crippen LogP contribution >= 0.6 is 0 Å². The van der Waals surface area contributed by atoms with Gasteiger partial charge in [0.25, 0.3) is 0 Å². The monoisotopic (exact) mass is 596 g/mol. The summed E-state index contributed by atoms with van der Waals surface area (Å²) in [6.45, 7) is 17.6. The van der Waals surface area contributed by atoms with Crippen LogP contribution in [0, 0.1) is 19.3 Å². The molecule has 9 nitrogen and oxygen atoms in total. The molecule has 0 amide bonds. The molecule has 2 aliphatic rings. The molecule has 232 valence electrons. The molecule has 2 N–H and O–H groups in total. The van der Waals surface area contributed by atoms with Gasteiger partial charge in [-0.05, 0) is 82.1 Å². The van der Waals surface area contributed by atoms with Crippen molar-refractivity contribution < 1.29 is 14.6 Å². The van der Waals surface area contributed by atoms with Crippen LogP contribution in [0.2, 0.25) is 0 Å². The highest BCUT2D eigenvalue weighted by atomic mass is 16.5. The molecule has 4 aromatic rings. The van der Waals surface area contributed by atoms with Gasteiger partial charge >= 0.3 is 5.97 Å². The molecule has 9 heteroatoms. The number of fused-ring (bicyclic) bond motifs is 2. The lowest BCUT2D eigenvalue weighted by Gasteiger charge is -2.41. The lowest BCUT2D eigenvalue weighted by molar-refractivity contribution is -0.160. The van der Waals surface area contributed by atoms with Gasteiger partial charge in [0.15, 0.2) is 11.9 Å². The van der Waals surface area contributed by atoms with Gasteiger partial charge < -0.3 is 24.6 Å². The highest BCUT2D eigenvalue weighted by molar-refractivity contribution is 5.89. The van der Waals surface area contributed by atoms with Crippen molar-refractivity contribution in [3.8, 4) is 11.1 Å². The molecule has 3 aromatic heterocycles. The Labute approximate surface area is 259 Å². The second-order valence-electron chi connectivity index (χ2n) is 14.1. The number of pyridine rings is 1. The van der Waals surface area contributed by atoms with Gasteiger partial charge in [0.2, 0.25) is 0 Å². The summed E-state index contributed by atoms with van der Waals surface area (Å²) in [6, 6.07) is 8.65. The third kappa shape index (κ3) is 5.77. The van der Waals surface area contributed by atoms with Gasteiger partial charge in [-0.2, -0.15) is 0 Å². The second kappa shape index (κ2) is 11.2. The molecule has 0 spiro atoms. The number of carboxylic acids is 1. The number of carbonyl (C=O) groups is 1. The van der Waals surface area contributed by atoms with Crippen LogP contribution in [-0.4, -0.2) is 56.2 Å². The zero-order valence-corrected chi connectivity index (χ0v) is 27.0. The molecular formula is C35H44N6O3. The fourth-order valence-electron chi connectivity index (χ4n) is 6.74. The predicted octanol–water partition coefficient (Wildman–Crippen LogP) is 6.77. The quantitative estimate of drug-likeness (QED) is 0.251. The Bertz CT molecular complexity index is 1710. The predicted molar refractivity (Wildman–Crippen MR) is 174 cm³/mol. The first-order valence-electron chi connectivity index (χ1n) is 15.6. The van der Waals surface area contributed by atoms with Gasteiger partial charge in [-0.1, -0.05) is 32.0 Å². The maximum Gasteiger partial charge on any atom is 0.337 e. The molecule has 6 rings (SSSR count). The molecule has 44 heavy (non-hydrogen) atoms. The molecule has 5 heterocycles. The number of benzene rings is 1. The fourth-order valence-corrected chi connectivity index (χ4v) is 6.74. The van der Waals surface area contributed by atoms with Crippen molar-refractivity contribution in [2.45, 2.75) is 86.0 Å². The number of aryl methyl sites for hydroxylation is 2. The zero-order chi connectivity index (χ0) is 31.4. The molecule has 1 saturated heterocycles. The molecule has 1 atom stereocenters. The number of H-pyrrole nitrogens is 1. The average Bonchev–Trinajstić information content (AvgIpc) is 3.44. The first-order chi connectivity index (χ1) is 20.8. The van der Waals surface area contributed by atoms with Crippen molar-refractivity contribution >= 4 is 28.5 Å². The first kappa shape index (κ1) is 30.1. The summed E-state index contributed by atoms with van der Waals surface area (Å²) < 4.78 is 6.25. The van der Waals surface area contributed by atoms with Crippen LogP contribution < -0.4 is 9.80 Å². The van der Waals surface area contributed by atoms with E-state index in [1.54, 1.807) is 6.33 Å². The van der Waals surface area contributed by atoms with Crippen LogP contribution in [0.3, 0.4) is 0 Å². The van der Waals surface area contributed by atoms with E-state index < -0.39 is 17.7 Å². The van der Waals surface area contributed by atoms with E-state index >= 15 is 0 Å². The number of anilines is 2. The Hall–Kier alpha value is -3.98. The van der Waals surface area contributed by atoms with E-state index in [4.69, 9.17) is 9.72 Å². The summed E-state index contributed by atoms with van der Waals surface area (Å²) in [5, 5.41) is 10.5. The normalized spacial score (nSPS) is 17.5. The van der Waals surface area contributed by atoms with E-state index in [1.807, 2.05) is 46.9 Å². The van der Waals surface area contributed by atoms with Crippen LogP contribution in [0.4, 0.5) is 11.5 Å². The minimum atomic E-state index is -1.13. The summed E-state index contributed by atoms with van der Waals surface area (Å²) >= 11 is 0. The summed E-state index contributed by atoms with van der Waals surface area (Å²) in [7, 11) is 0. The number of aromatic amines is 1. The topological polar surface area (TPSA) is 107 Å². The number of aliphatic carboxylic acids is 1. The Morgan fingerprint density at radius 3 is 2.48 bits per heavy atom. The van der Waals surface area contributed by atoms with Crippen molar-refractivity contribution in [1.82, 2.24) is 19.9 Å². The van der Waals surface area contributed by atoms with Crippen molar-refractivity contribution in [3.63, 3.8) is 0 Å². The number of carboxylic acid groups (broad SMARTS) is 1. The third-order valence-electron chi connectivity index (χ3n) is 9.10. The number of ether oxygens (including phenoxy) is 1. The fraction of sp³-hybridized carbons (Fsp3) is 0.486. The Balaban J connectivity index is 1.44. The van der Waals surface area contributed by atoms with Crippen LogP contribution in [0.1, 0.15) is 81.6 Å². The smallest absolute Gasteiger partial charge is 0.337 e. The van der Waals surface area contributed by atoms with Gasteiger partial charge in [-0.25, -0.2) is 14.8 Å². The van der Waals surface area contributed by atoms with Crippen LogP contribution in [-0.2, 0) is 22.5 Å². The number of piperidine rings is 1. The molecule has 2 aliphatic heterocycles. The molecule has 0 aliphatic carbocycles. The van der Waals surface area contributed by atoms with E-state index in [0.717, 1.165) is 84.8 Å². The standard InChI is InChI=1S/C35H44N6O3/c1-21-27(24-8-9-25-19-41(15-11-23(25)18-24)32-29-26(10-14-36-29)37-20-38-32)30(40-16-12-35(6,7)13-17-40)28(22(2)39-21)31(33(42)43)44-34(3,4)5/h8-10,14,18,20,31,36H,11-13,15-17,19H2,1-7H3,(H,42,43)/t31-/m0/s1. The first-order valence-corrected chi connectivity index (χ1v) is 15.6. The lowest BCUT2D eigenvalue weighted by Crippen LogP contribution is -2.39. The van der Waals surface area contributed by atoms with Gasteiger partial charge in [0, 0.05) is 54.9 Å². The summed E-state index contributed by atoms with van der Waals surface area (Å²) in [5.74, 6) is -0.0727. The summed E-state index contributed by atoms with van der Waals surface area (Å²) in [5.41, 5.74) is 9.32. The number of rotatable bonds is 6. The van der Waals surface area contributed by atoms with Crippen LogP contribution in [0.15, 0.2) is 36.8 Å². The molecular weight excluding hydrogens is 552 g/mol. The Kier molecular flexibility index (Phi) is 7.64. The van der Waals surface area contributed by atoms with Gasteiger partial charge in [-0.3, -0.25) is 4.98 Å². The van der Waals surface area contributed by atoms with E-state index in [-0.39, 0.29) is 5.41 Å². The van der Waals surface area contributed by atoms with E-state index in [2.05, 4.69) is 56.8 Å². The minimum absolute atomic E-state index is 0.245. The van der Waals surface area contributed by atoms with E-state index in [1.165, 1.54) is 11.1 Å². The maximum absolute atomic E-state index is 12.8. The zero-order valence-electron chi connectivity index (χ0n) is 27.0. The number of nitrogens with zero attached hydrogens (tertiary/aromatic N) is 5. The number of hydrogen-bond acceptors (Lipinski definition) is 7. The minimum Gasteiger partial charge on any atom is -0.479 e. The van der Waals surface area contributed by atoms with E-state index in [0.29, 0.717) is 11.3 Å². The molecule has 0 bridgehead atoms. The number of nitrogens with one attached hydrogen (secondary N) is 1. The van der Waals surface area contributed by atoms with Crippen molar-refractivity contribution in [3.05, 3.63) is 64.9 Å². The van der Waals surface area contributed by atoms with Crippen molar-refractivity contribution in [2.24, 2.45) is 5.41 Å². The second-order valence-corrected chi connectivity index (χ2v) is 14.1. The van der Waals surface area contributed by atoms with Gasteiger partial charge in [0.1, 0.15) is 11.8 Å². The maximum atomic E-state index is 12.8. The highest BCUT2D eigenvalue weighted by Crippen LogP contribution is 2.45. The SMILES string of the molecule is Cc1nc(C)c([C@H](OC(C)(C)C)C(=O)O)c(N2CCC(C)(C)CC2)c1-c1ccc2c(c1)CCN(c1ncnc3cc[nH]c13)C2. The molecule has 0 radical (unpaired) electrons. The van der Waals surface area contributed by atoms with Crippen molar-refractivity contribution in [2.75, 3.05) is 29.4 Å². The number of hydrogen-bond donors (Lipinski definition) is 2. The largest absolute Gasteiger partial charge is 0.479 e. The Morgan fingerprint density at radius 2 is 1.77 bits per heavy atom. The van der Waals surface area contributed by atoms with Gasteiger partial charge in [-0.15, -0.1) is 0 Å². The van der Waals surface area contributed by atoms with Crippen molar-refractivity contribution in [1.29, 1.82) is 0 Å². The van der Waals surface area contributed by atoms with Crippen LogP contribution in [0.25, 0.3) is 22.2 Å². The molecule has 0 saturated carbocycles. The average molecular weight is 597 g/mol. The lowest BCUT2D eigenvalue weighted by atomic mass is 9.81. The summed E-state index contributed by atoms with van der Waals surface area (Å²) in [4.78, 5) is 34.8. The third-order valence-corrected chi connectivity index (χ3v) is 9.10. The summed E-state index contributed by atoms with van der Waals surface area (Å²) in [6.07, 6.45) is 5.34.